The second-order valence-electron chi connectivity index (χ2n) is 5.38. The van der Waals surface area contributed by atoms with Crippen LogP contribution >= 0.6 is 11.6 Å². The van der Waals surface area contributed by atoms with E-state index in [1.165, 1.54) is 6.42 Å². The van der Waals surface area contributed by atoms with Crippen molar-refractivity contribution in [3.05, 3.63) is 28.8 Å². The van der Waals surface area contributed by atoms with Crippen molar-refractivity contribution < 1.29 is 9.53 Å². The molecule has 0 saturated heterocycles. The number of carbonyl (C=O) groups excluding carboxylic acids is 1. The summed E-state index contributed by atoms with van der Waals surface area (Å²) in [7, 11) is 0. The van der Waals surface area contributed by atoms with E-state index >= 15 is 0 Å². The zero-order valence-corrected chi connectivity index (χ0v) is 13.2. The number of hydrogen-bond acceptors (Lipinski definition) is 3. The minimum atomic E-state index is -0.599. The van der Waals surface area contributed by atoms with Gasteiger partial charge in [-0.3, -0.25) is 4.79 Å². The SMILES string of the molecule is Cc1cc(Cl)ccc1O[C@H](C)C(=O)NN=C1CCCCC1. The normalized spacial score (nSPS) is 16.2. The van der Waals surface area contributed by atoms with Gasteiger partial charge in [0.2, 0.25) is 0 Å². The zero-order chi connectivity index (χ0) is 15.2. The molecule has 1 aromatic rings. The van der Waals surface area contributed by atoms with E-state index in [2.05, 4.69) is 10.5 Å². The maximum absolute atomic E-state index is 12.0. The van der Waals surface area contributed by atoms with E-state index in [4.69, 9.17) is 16.3 Å². The third-order valence-corrected chi connectivity index (χ3v) is 3.80. The van der Waals surface area contributed by atoms with E-state index in [0.717, 1.165) is 37.0 Å². The lowest BCUT2D eigenvalue weighted by Crippen LogP contribution is -2.34. The molecular formula is C16H21ClN2O2. The van der Waals surface area contributed by atoms with Crippen molar-refractivity contribution in [1.29, 1.82) is 0 Å². The first-order valence-corrected chi connectivity index (χ1v) is 7.72. The molecule has 4 nitrogen and oxygen atoms in total. The number of carbonyl (C=O) groups is 1. The molecule has 21 heavy (non-hydrogen) atoms. The van der Waals surface area contributed by atoms with Crippen molar-refractivity contribution in [1.82, 2.24) is 5.43 Å². The Morgan fingerprint density at radius 3 is 2.71 bits per heavy atom. The standard InChI is InChI=1S/C16H21ClN2O2/c1-11-10-13(17)8-9-15(11)21-12(2)16(20)19-18-14-6-4-3-5-7-14/h8-10,12H,3-7H2,1-2H3,(H,19,20)/t12-/m1/s1. The van der Waals surface area contributed by atoms with Crippen molar-refractivity contribution in [3.63, 3.8) is 0 Å². The Bertz CT molecular complexity index is 535. The van der Waals surface area contributed by atoms with Gasteiger partial charge in [-0.1, -0.05) is 18.0 Å². The van der Waals surface area contributed by atoms with Gasteiger partial charge in [-0.2, -0.15) is 5.10 Å². The number of halogens is 1. The molecule has 1 saturated carbocycles. The van der Waals surface area contributed by atoms with Crippen LogP contribution in [0.2, 0.25) is 5.02 Å². The minimum Gasteiger partial charge on any atom is -0.481 e. The maximum Gasteiger partial charge on any atom is 0.280 e. The molecular weight excluding hydrogens is 288 g/mol. The second-order valence-corrected chi connectivity index (χ2v) is 5.82. The summed E-state index contributed by atoms with van der Waals surface area (Å²) < 4.78 is 5.66. The zero-order valence-electron chi connectivity index (χ0n) is 12.5. The van der Waals surface area contributed by atoms with E-state index < -0.39 is 6.10 Å². The Hall–Kier alpha value is -1.55. The minimum absolute atomic E-state index is 0.234. The number of hydrazone groups is 1. The highest BCUT2D eigenvalue weighted by Gasteiger charge is 2.16. The van der Waals surface area contributed by atoms with E-state index in [-0.39, 0.29) is 5.91 Å². The number of nitrogens with one attached hydrogen (secondary N) is 1. The molecule has 1 fully saturated rings. The first-order valence-electron chi connectivity index (χ1n) is 7.34. The monoisotopic (exact) mass is 308 g/mol. The van der Waals surface area contributed by atoms with Crippen LogP contribution in [0.4, 0.5) is 0 Å². The topological polar surface area (TPSA) is 50.7 Å². The molecule has 0 spiro atoms. The van der Waals surface area contributed by atoms with Crippen molar-refractivity contribution in [2.45, 2.75) is 52.1 Å². The number of rotatable bonds is 4. The van der Waals surface area contributed by atoms with Crippen molar-refractivity contribution in [2.24, 2.45) is 5.10 Å². The van der Waals surface area contributed by atoms with Gasteiger partial charge in [0.25, 0.3) is 5.91 Å². The van der Waals surface area contributed by atoms with Gasteiger partial charge >= 0.3 is 0 Å². The predicted molar refractivity (Wildman–Crippen MR) is 84.9 cm³/mol. The van der Waals surface area contributed by atoms with E-state index in [9.17, 15) is 4.79 Å². The van der Waals surface area contributed by atoms with Crippen molar-refractivity contribution >= 4 is 23.2 Å². The fraction of sp³-hybridized carbons (Fsp3) is 0.500. The summed E-state index contributed by atoms with van der Waals surface area (Å²) in [6.45, 7) is 3.61. The van der Waals surface area contributed by atoms with Crippen LogP contribution in [0.3, 0.4) is 0 Å². The number of amides is 1. The highest BCUT2D eigenvalue weighted by Crippen LogP contribution is 2.22. The molecule has 5 heteroatoms. The molecule has 0 radical (unpaired) electrons. The van der Waals surface area contributed by atoms with Crippen LogP contribution in [0.25, 0.3) is 0 Å². The summed E-state index contributed by atoms with van der Waals surface area (Å²) in [4.78, 5) is 12.0. The summed E-state index contributed by atoms with van der Waals surface area (Å²) in [6.07, 6.45) is 4.92. The van der Waals surface area contributed by atoms with Gasteiger partial charge in [0.15, 0.2) is 6.10 Å². The molecule has 0 bridgehead atoms. The van der Waals surface area contributed by atoms with Gasteiger partial charge in [-0.05, 0) is 63.3 Å². The average molecular weight is 309 g/mol. The molecule has 0 heterocycles. The second kappa shape index (κ2) is 7.46. The number of nitrogens with zero attached hydrogens (tertiary/aromatic N) is 1. The van der Waals surface area contributed by atoms with Gasteiger partial charge in [-0.25, -0.2) is 5.43 Å². The summed E-state index contributed by atoms with van der Waals surface area (Å²) in [6, 6.07) is 5.33. The van der Waals surface area contributed by atoms with Crippen LogP contribution in [-0.2, 0) is 4.79 Å². The maximum atomic E-state index is 12.0. The molecule has 1 aliphatic rings. The van der Waals surface area contributed by atoms with Gasteiger partial charge in [0.05, 0.1) is 0 Å². The van der Waals surface area contributed by atoms with Crippen LogP contribution < -0.4 is 10.2 Å². The predicted octanol–water partition coefficient (Wildman–Crippen LogP) is 3.85. The Kier molecular flexibility index (Phi) is 5.62. The Labute approximate surface area is 130 Å². The summed E-state index contributed by atoms with van der Waals surface area (Å²) in [5.41, 5.74) is 4.58. The number of hydrogen-bond donors (Lipinski definition) is 1. The fourth-order valence-corrected chi connectivity index (χ4v) is 2.51. The lowest BCUT2D eigenvalue weighted by Gasteiger charge is -2.16. The Morgan fingerprint density at radius 1 is 1.33 bits per heavy atom. The van der Waals surface area contributed by atoms with E-state index in [1.807, 2.05) is 13.0 Å². The molecule has 114 valence electrons. The van der Waals surface area contributed by atoms with Crippen molar-refractivity contribution in [2.75, 3.05) is 0 Å². The van der Waals surface area contributed by atoms with Crippen LogP contribution in [0.1, 0.15) is 44.6 Å². The first-order chi connectivity index (χ1) is 10.1. The quantitative estimate of drug-likeness (QED) is 0.859. The Morgan fingerprint density at radius 2 is 2.05 bits per heavy atom. The van der Waals surface area contributed by atoms with Gasteiger partial charge in [0, 0.05) is 10.7 Å². The molecule has 0 aliphatic heterocycles. The average Bonchev–Trinajstić information content (AvgIpc) is 2.48. The highest BCUT2D eigenvalue weighted by molar-refractivity contribution is 6.30. The summed E-state index contributed by atoms with van der Waals surface area (Å²) in [5, 5.41) is 4.85. The van der Waals surface area contributed by atoms with Crippen LogP contribution in [-0.4, -0.2) is 17.7 Å². The molecule has 1 aliphatic carbocycles. The van der Waals surface area contributed by atoms with Crippen molar-refractivity contribution in [3.8, 4) is 5.75 Å². The largest absolute Gasteiger partial charge is 0.481 e. The van der Waals surface area contributed by atoms with E-state index in [0.29, 0.717) is 10.8 Å². The highest BCUT2D eigenvalue weighted by atomic mass is 35.5. The smallest absolute Gasteiger partial charge is 0.280 e. The number of aryl methyl sites for hydroxylation is 1. The first kappa shape index (κ1) is 15.8. The van der Waals surface area contributed by atoms with Crippen LogP contribution in [0, 0.1) is 6.92 Å². The third-order valence-electron chi connectivity index (χ3n) is 3.56. The number of benzene rings is 1. The lowest BCUT2D eigenvalue weighted by atomic mass is 9.99. The molecule has 1 aromatic carbocycles. The molecule has 2 rings (SSSR count). The van der Waals surface area contributed by atoms with Gasteiger partial charge in [-0.15, -0.1) is 0 Å². The molecule has 0 unspecified atom stereocenters. The van der Waals surface area contributed by atoms with Gasteiger partial charge < -0.3 is 4.74 Å². The van der Waals surface area contributed by atoms with Crippen LogP contribution in [0.5, 0.6) is 5.75 Å². The fourth-order valence-electron chi connectivity index (χ4n) is 2.29. The summed E-state index contributed by atoms with van der Waals surface area (Å²) >= 11 is 5.90. The molecule has 1 amide bonds. The van der Waals surface area contributed by atoms with E-state index in [1.54, 1.807) is 19.1 Å². The molecule has 0 aromatic heterocycles. The third kappa shape index (κ3) is 4.74. The molecule has 1 N–H and O–H groups in total. The molecule has 1 atom stereocenters. The number of ether oxygens (including phenoxy) is 1. The van der Waals surface area contributed by atoms with Crippen LogP contribution in [0.15, 0.2) is 23.3 Å². The van der Waals surface area contributed by atoms with Gasteiger partial charge in [0.1, 0.15) is 5.75 Å². The summed E-state index contributed by atoms with van der Waals surface area (Å²) in [5.74, 6) is 0.426. The Balaban J connectivity index is 1.90. The lowest BCUT2D eigenvalue weighted by molar-refractivity contribution is -0.127.